The van der Waals surface area contributed by atoms with Crippen molar-refractivity contribution in [1.29, 1.82) is 5.26 Å². The van der Waals surface area contributed by atoms with Crippen molar-refractivity contribution in [3.63, 3.8) is 0 Å². The molecule has 0 spiro atoms. The van der Waals surface area contributed by atoms with Crippen molar-refractivity contribution in [1.82, 2.24) is 14.5 Å². The molecular weight excluding hydrogens is 404 g/mol. The number of nitrogens with zero attached hydrogens (tertiary/aromatic N) is 3. The minimum Gasteiger partial charge on any atom is -0.395 e. The topological polar surface area (TPSA) is 114 Å². The third-order valence-electron chi connectivity index (χ3n) is 6.25. The number of rotatable bonds is 7. The van der Waals surface area contributed by atoms with Crippen LogP contribution in [0, 0.1) is 11.3 Å². The molecule has 2 N–H and O–H groups in total. The Labute approximate surface area is 178 Å². The van der Waals surface area contributed by atoms with Crippen molar-refractivity contribution in [2.45, 2.75) is 55.5 Å². The number of aliphatic hydroxyl groups excluding tert-OH is 1. The standard InChI is InChI=1S/C21H30N4O4S/c1-2-18(15-26)24-11-13-25(14-12-24)30(28,29)19-7-5-17(6-8-19)20(27)23-21(16-22)9-3-4-10-21/h5-8,18,26H,2-4,9-15H2,1H3,(H,23,27)/t18-/m0/s1. The summed E-state index contributed by atoms with van der Waals surface area (Å²) in [6, 6.07) is 8.18. The maximum absolute atomic E-state index is 13.0. The Kier molecular flexibility index (Phi) is 7.14. The molecule has 9 heteroatoms. The van der Waals surface area contributed by atoms with Crippen LogP contribution < -0.4 is 5.32 Å². The number of hydrogen-bond donors (Lipinski definition) is 2. The summed E-state index contributed by atoms with van der Waals surface area (Å²) < 4.78 is 27.4. The first-order valence-electron chi connectivity index (χ1n) is 10.5. The second-order valence-corrected chi connectivity index (χ2v) is 10.0. The lowest BCUT2D eigenvalue weighted by atomic mass is 9.99. The highest BCUT2D eigenvalue weighted by Gasteiger charge is 2.36. The number of carbonyl (C=O) groups is 1. The summed E-state index contributed by atoms with van der Waals surface area (Å²) in [4.78, 5) is 14.8. The summed E-state index contributed by atoms with van der Waals surface area (Å²) in [6.45, 7) is 3.97. The molecule has 30 heavy (non-hydrogen) atoms. The molecule has 8 nitrogen and oxygen atoms in total. The summed E-state index contributed by atoms with van der Waals surface area (Å²) in [5.41, 5.74) is -0.471. The Balaban J connectivity index is 1.65. The Bertz CT molecular complexity index is 877. The molecule has 1 saturated carbocycles. The van der Waals surface area contributed by atoms with Gasteiger partial charge in [-0.3, -0.25) is 9.69 Å². The number of amides is 1. The van der Waals surface area contributed by atoms with Gasteiger partial charge in [0.05, 0.1) is 17.6 Å². The lowest BCUT2D eigenvalue weighted by Gasteiger charge is -2.37. The number of hydrogen-bond acceptors (Lipinski definition) is 6. The van der Waals surface area contributed by atoms with E-state index < -0.39 is 15.6 Å². The molecule has 0 unspecified atom stereocenters. The van der Waals surface area contributed by atoms with Crippen molar-refractivity contribution >= 4 is 15.9 Å². The molecule has 0 bridgehead atoms. The Morgan fingerprint density at radius 1 is 1.20 bits per heavy atom. The lowest BCUT2D eigenvalue weighted by molar-refractivity contribution is 0.0880. The van der Waals surface area contributed by atoms with Gasteiger partial charge < -0.3 is 10.4 Å². The van der Waals surface area contributed by atoms with Crippen molar-refractivity contribution in [2.24, 2.45) is 0 Å². The van der Waals surface area contributed by atoms with Crippen LogP contribution in [0.5, 0.6) is 0 Å². The van der Waals surface area contributed by atoms with E-state index >= 15 is 0 Å². The molecule has 1 aromatic rings. The number of piperazine rings is 1. The van der Waals surface area contributed by atoms with Gasteiger partial charge in [0.15, 0.2) is 0 Å². The zero-order valence-corrected chi connectivity index (χ0v) is 18.2. The Morgan fingerprint density at radius 3 is 2.30 bits per heavy atom. The normalized spacial score (nSPS) is 21.1. The second-order valence-electron chi connectivity index (χ2n) is 8.06. The first-order valence-corrected chi connectivity index (χ1v) is 12.0. The summed E-state index contributed by atoms with van der Waals surface area (Å²) >= 11 is 0. The fraction of sp³-hybridized carbons (Fsp3) is 0.619. The van der Waals surface area contributed by atoms with Crippen molar-refractivity contribution < 1.29 is 18.3 Å². The first kappa shape index (κ1) is 22.7. The molecule has 164 valence electrons. The van der Waals surface area contributed by atoms with Gasteiger partial charge in [-0.2, -0.15) is 9.57 Å². The molecule has 3 rings (SSSR count). The Hall–Kier alpha value is -1.99. The molecule has 0 radical (unpaired) electrons. The number of sulfonamides is 1. The van der Waals surface area contributed by atoms with Crippen LogP contribution in [0.4, 0.5) is 0 Å². The average molecular weight is 435 g/mol. The minimum atomic E-state index is -3.65. The predicted molar refractivity (Wildman–Crippen MR) is 112 cm³/mol. The van der Waals surface area contributed by atoms with Gasteiger partial charge in [-0.05, 0) is 56.4 Å². The van der Waals surface area contributed by atoms with Gasteiger partial charge in [0.25, 0.3) is 5.91 Å². The van der Waals surface area contributed by atoms with Crippen molar-refractivity contribution in [3.8, 4) is 6.07 Å². The van der Waals surface area contributed by atoms with E-state index in [4.69, 9.17) is 0 Å². The van der Waals surface area contributed by atoms with Crippen molar-refractivity contribution in [2.75, 3.05) is 32.8 Å². The quantitative estimate of drug-likeness (QED) is 0.669. The number of nitrogens with one attached hydrogen (secondary N) is 1. The van der Waals surface area contributed by atoms with E-state index in [-0.39, 0.29) is 23.5 Å². The van der Waals surface area contributed by atoms with Gasteiger partial charge in [-0.15, -0.1) is 0 Å². The predicted octanol–water partition coefficient (Wildman–Crippen LogP) is 1.33. The molecule has 1 heterocycles. The highest BCUT2D eigenvalue weighted by molar-refractivity contribution is 7.89. The van der Waals surface area contributed by atoms with Crippen LogP contribution in [0.25, 0.3) is 0 Å². The van der Waals surface area contributed by atoms with Crippen LogP contribution in [0.3, 0.4) is 0 Å². The van der Waals surface area contributed by atoms with Crippen molar-refractivity contribution in [3.05, 3.63) is 29.8 Å². The molecule has 1 saturated heterocycles. The Morgan fingerprint density at radius 2 is 1.80 bits per heavy atom. The molecule has 1 aromatic carbocycles. The lowest BCUT2D eigenvalue weighted by Crippen LogP contribution is -2.52. The largest absolute Gasteiger partial charge is 0.395 e. The monoisotopic (exact) mass is 434 g/mol. The zero-order chi connectivity index (χ0) is 21.8. The summed E-state index contributed by atoms with van der Waals surface area (Å²) in [6.07, 6.45) is 3.93. The fourth-order valence-corrected chi connectivity index (χ4v) is 5.69. The molecule has 1 atom stereocenters. The first-order chi connectivity index (χ1) is 14.3. The minimum absolute atomic E-state index is 0.0595. The van der Waals surface area contributed by atoms with Gasteiger partial charge in [-0.1, -0.05) is 6.92 Å². The van der Waals surface area contributed by atoms with Crippen LogP contribution in [-0.2, 0) is 10.0 Å². The van der Waals surface area contributed by atoms with E-state index in [0.29, 0.717) is 44.6 Å². The smallest absolute Gasteiger partial charge is 0.252 e. The van der Waals surface area contributed by atoms with E-state index in [1.54, 1.807) is 0 Å². The van der Waals surface area contributed by atoms with E-state index in [0.717, 1.165) is 19.3 Å². The molecule has 0 aromatic heterocycles. The molecule has 2 aliphatic rings. The zero-order valence-electron chi connectivity index (χ0n) is 17.4. The van der Waals surface area contributed by atoms with E-state index in [1.807, 2.05) is 6.92 Å². The second kappa shape index (κ2) is 9.43. The maximum Gasteiger partial charge on any atom is 0.252 e. The van der Waals surface area contributed by atoms with Crippen LogP contribution in [0.2, 0.25) is 0 Å². The van der Waals surface area contributed by atoms with Gasteiger partial charge in [0, 0.05) is 37.8 Å². The van der Waals surface area contributed by atoms with Crippen LogP contribution >= 0.6 is 0 Å². The third kappa shape index (κ3) is 4.67. The number of nitriles is 1. The van der Waals surface area contributed by atoms with Gasteiger partial charge >= 0.3 is 0 Å². The summed E-state index contributed by atoms with van der Waals surface area (Å²) in [7, 11) is -3.65. The number of aliphatic hydroxyl groups is 1. The third-order valence-corrected chi connectivity index (χ3v) is 8.16. The van der Waals surface area contributed by atoms with Crippen LogP contribution in [-0.4, -0.2) is 73.0 Å². The SMILES string of the molecule is CC[C@@H](CO)N1CCN(S(=O)(=O)c2ccc(C(=O)NC3(C#N)CCCC3)cc2)CC1. The number of carbonyl (C=O) groups excluding carboxylic acids is 1. The highest BCUT2D eigenvalue weighted by atomic mass is 32.2. The van der Waals surface area contributed by atoms with Crippen LogP contribution in [0.15, 0.2) is 29.2 Å². The highest BCUT2D eigenvalue weighted by Crippen LogP contribution is 2.29. The molecule has 1 aliphatic carbocycles. The van der Waals surface area contributed by atoms with E-state index in [2.05, 4.69) is 16.3 Å². The molecule has 1 amide bonds. The maximum atomic E-state index is 13.0. The fourth-order valence-electron chi connectivity index (χ4n) is 4.27. The summed E-state index contributed by atoms with van der Waals surface area (Å²) in [5, 5.41) is 21.7. The van der Waals surface area contributed by atoms with Crippen LogP contribution in [0.1, 0.15) is 49.4 Å². The number of benzene rings is 1. The van der Waals surface area contributed by atoms with E-state index in [9.17, 15) is 23.6 Å². The van der Waals surface area contributed by atoms with E-state index in [1.165, 1.54) is 28.6 Å². The summed E-state index contributed by atoms with van der Waals surface area (Å²) in [5.74, 6) is -0.356. The molecular formula is C21H30N4O4S. The van der Waals surface area contributed by atoms with Gasteiger partial charge in [-0.25, -0.2) is 8.42 Å². The van der Waals surface area contributed by atoms with Gasteiger partial charge in [0.1, 0.15) is 5.54 Å². The molecule has 1 aliphatic heterocycles. The van der Waals surface area contributed by atoms with Gasteiger partial charge in [0.2, 0.25) is 10.0 Å². The average Bonchev–Trinajstić information content (AvgIpc) is 3.24. The molecule has 2 fully saturated rings.